The molecule has 38 heavy (non-hydrogen) atoms. The number of nitrogens with one attached hydrogen (secondary N) is 2. The molecule has 2 fully saturated rings. The second-order valence-corrected chi connectivity index (χ2v) is 10.5. The molecule has 2 aromatic carbocycles. The number of aromatic amines is 1. The van der Waals surface area contributed by atoms with Crippen LogP contribution in [-0.4, -0.2) is 65.2 Å². The lowest BCUT2D eigenvalue weighted by atomic mass is 9.95. The van der Waals surface area contributed by atoms with Crippen LogP contribution in [0.3, 0.4) is 0 Å². The minimum absolute atomic E-state index is 0.395. The second-order valence-electron chi connectivity index (χ2n) is 10.5. The highest BCUT2D eigenvalue weighted by molar-refractivity contribution is 6.05. The van der Waals surface area contributed by atoms with E-state index in [4.69, 9.17) is 15.7 Å². The molecule has 0 atom stereocenters. The molecule has 6 rings (SSSR count). The van der Waals surface area contributed by atoms with Gasteiger partial charge in [-0.15, -0.1) is 0 Å². The van der Waals surface area contributed by atoms with Gasteiger partial charge in [-0.25, -0.2) is 9.98 Å². The average Bonchev–Trinajstić information content (AvgIpc) is 3.39. The summed E-state index contributed by atoms with van der Waals surface area (Å²) in [4.78, 5) is 14.5. The molecule has 8 nitrogen and oxygen atoms in total. The first kappa shape index (κ1) is 24.4. The van der Waals surface area contributed by atoms with Crippen LogP contribution in [0.2, 0.25) is 0 Å². The van der Waals surface area contributed by atoms with Gasteiger partial charge in [-0.1, -0.05) is 49.6 Å². The molecule has 2 aromatic heterocycles. The summed E-state index contributed by atoms with van der Waals surface area (Å²) in [6.07, 6.45) is 6.09. The summed E-state index contributed by atoms with van der Waals surface area (Å²) in [7, 11) is 2.17. The number of likely N-dealkylation sites (N-methyl/N-ethyl adjacent to an activating group) is 1. The average molecular weight is 509 g/mol. The quantitative estimate of drug-likeness (QED) is 0.246. The molecule has 1 saturated heterocycles. The van der Waals surface area contributed by atoms with Gasteiger partial charge in [0.2, 0.25) is 0 Å². The number of amidine groups is 1. The zero-order chi connectivity index (χ0) is 25.9. The smallest absolute Gasteiger partial charge is 0.153 e. The van der Waals surface area contributed by atoms with E-state index >= 15 is 0 Å². The molecule has 0 radical (unpaired) electrons. The van der Waals surface area contributed by atoms with Gasteiger partial charge in [-0.05, 0) is 50.2 Å². The van der Waals surface area contributed by atoms with E-state index in [0.29, 0.717) is 17.6 Å². The maximum absolute atomic E-state index is 6.59. The highest BCUT2D eigenvalue weighted by Gasteiger charge is 2.20. The Hall–Kier alpha value is -3.91. The number of aromatic nitrogens is 3. The van der Waals surface area contributed by atoms with E-state index in [1.165, 1.54) is 24.9 Å². The lowest BCUT2D eigenvalue weighted by Gasteiger charge is -2.34. The summed E-state index contributed by atoms with van der Waals surface area (Å²) >= 11 is 0. The van der Waals surface area contributed by atoms with E-state index in [0.717, 1.165) is 72.7 Å². The number of fused-ring (bicyclic) bond motifs is 1. The summed E-state index contributed by atoms with van der Waals surface area (Å²) in [5, 5.41) is 12.6. The van der Waals surface area contributed by atoms with Crippen molar-refractivity contribution in [1.82, 2.24) is 20.1 Å². The summed E-state index contributed by atoms with van der Waals surface area (Å²) in [5.74, 6) is 1.19. The number of hydrogen-bond donors (Lipinski definition) is 3. The highest BCUT2D eigenvalue weighted by Crippen LogP contribution is 2.32. The first-order valence-corrected chi connectivity index (χ1v) is 13.7. The molecule has 8 heteroatoms. The second kappa shape index (κ2) is 10.8. The minimum Gasteiger partial charge on any atom is -0.382 e. The highest BCUT2D eigenvalue weighted by atomic mass is 15.2. The summed E-state index contributed by atoms with van der Waals surface area (Å²) in [6, 6.07) is 21.0. The van der Waals surface area contributed by atoms with E-state index in [-0.39, 0.29) is 0 Å². The molecule has 196 valence electrons. The molecule has 4 N–H and O–H groups in total. The summed E-state index contributed by atoms with van der Waals surface area (Å²) in [6.45, 7) is 4.24. The fourth-order valence-electron chi connectivity index (χ4n) is 5.51. The molecular formula is C30H36N8. The fourth-order valence-corrected chi connectivity index (χ4v) is 5.51. The van der Waals surface area contributed by atoms with Crippen LogP contribution in [0.5, 0.6) is 0 Å². The Morgan fingerprint density at radius 3 is 2.45 bits per heavy atom. The third kappa shape index (κ3) is 5.22. The van der Waals surface area contributed by atoms with Crippen LogP contribution in [-0.2, 0) is 0 Å². The van der Waals surface area contributed by atoms with Gasteiger partial charge in [0, 0.05) is 48.9 Å². The number of benzene rings is 2. The maximum Gasteiger partial charge on any atom is 0.153 e. The molecule has 1 aliphatic heterocycles. The molecule has 3 heterocycles. The van der Waals surface area contributed by atoms with Crippen LogP contribution in [0.15, 0.2) is 65.7 Å². The molecule has 0 amide bonds. The number of H-pyrrole nitrogens is 1. The Balaban J connectivity index is 1.33. The van der Waals surface area contributed by atoms with Crippen LogP contribution in [0.1, 0.15) is 37.8 Å². The van der Waals surface area contributed by atoms with Crippen molar-refractivity contribution in [2.45, 2.75) is 38.1 Å². The molecule has 0 bridgehead atoms. The fraction of sp³-hybridized carbons (Fsp3) is 0.367. The number of anilines is 2. The predicted molar refractivity (Wildman–Crippen MR) is 156 cm³/mol. The standard InChI is InChI=1S/C30H36N8/c1-37-16-18-38(19-17-37)24-14-12-23(13-15-24)32-29(31)26-20-25-27(21-8-4-2-5-9-21)35-36-28(25)30(34-26)33-22-10-6-3-7-11-22/h2,4-5,8-9,12-15,20,22H,3,6-7,10-11,16-19H2,1H3,(H2,31,32)(H,33,34)(H,35,36). The van der Waals surface area contributed by atoms with Crippen LogP contribution in [0.25, 0.3) is 22.2 Å². The van der Waals surface area contributed by atoms with E-state index < -0.39 is 0 Å². The minimum atomic E-state index is 0.395. The van der Waals surface area contributed by atoms with E-state index in [2.05, 4.69) is 56.6 Å². The van der Waals surface area contributed by atoms with Gasteiger partial charge >= 0.3 is 0 Å². The van der Waals surface area contributed by atoms with Crippen molar-refractivity contribution in [1.29, 1.82) is 0 Å². The van der Waals surface area contributed by atoms with E-state index in [9.17, 15) is 0 Å². The van der Waals surface area contributed by atoms with Crippen molar-refractivity contribution in [2.75, 3.05) is 43.4 Å². The zero-order valence-corrected chi connectivity index (χ0v) is 22.0. The first-order chi connectivity index (χ1) is 18.6. The van der Waals surface area contributed by atoms with Gasteiger partial charge in [0.15, 0.2) is 5.82 Å². The van der Waals surface area contributed by atoms with E-state index in [1.54, 1.807) is 0 Å². The van der Waals surface area contributed by atoms with Crippen molar-refractivity contribution >= 4 is 33.9 Å². The van der Waals surface area contributed by atoms with Gasteiger partial charge in [-0.2, -0.15) is 5.10 Å². The third-order valence-corrected chi connectivity index (χ3v) is 7.78. The molecule has 1 saturated carbocycles. The largest absolute Gasteiger partial charge is 0.382 e. The Bertz CT molecular complexity index is 1400. The first-order valence-electron chi connectivity index (χ1n) is 13.7. The number of aliphatic imine (C=N–C) groups is 1. The van der Waals surface area contributed by atoms with Crippen LogP contribution in [0, 0.1) is 0 Å². The number of rotatable bonds is 6. The Kier molecular flexibility index (Phi) is 6.96. The lowest BCUT2D eigenvalue weighted by molar-refractivity contribution is 0.313. The van der Waals surface area contributed by atoms with Gasteiger partial charge in [0.05, 0.1) is 5.69 Å². The Morgan fingerprint density at radius 1 is 0.974 bits per heavy atom. The van der Waals surface area contributed by atoms with Crippen molar-refractivity contribution < 1.29 is 0 Å². The number of pyridine rings is 1. The Morgan fingerprint density at radius 2 is 1.71 bits per heavy atom. The third-order valence-electron chi connectivity index (χ3n) is 7.78. The van der Waals surface area contributed by atoms with Gasteiger partial charge in [0.25, 0.3) is 0 Å². The number of piperazine rings is 1. The van der Waals surface area contributed by atoms with Gasteiger partial charge < -0.3 is 20.9 Å². The van der Waals surface area contributed by atoms with E-state index in [1.807, 2.05) is 36.4 Å². The number of nitrogens with two attached hydrogens (primary N) is 1. The van der Waals surface area contributed by atoms with Crippen LogP contribution < -0.4 is 16.0 Å². The topological polar surface area (TPSA) is 98.5 Å². The molecule has 2 aliphatic rings. The monoisotopic (exact) mass is 508 g/mol. The molecular weight excluding hydrogens is 472 g/mol. The molecule has 4 aromatic rings. The lowest BCUT2D eigenvalue weighted by Crippen LogP contribution is -2.44. The zero-order valence-electron chi connectivity index (χ0n) is 22.0. The van der Waals surface area contributed by atoms with Crippen LogP contribution in [0.4, 0.5) is 17.2 Å². The summed E-state index contributed by atoms with van der Waals surface area (Å²) < 4.78 is 0. The van der Waals surface area contributed by atoms with Crippen LogP contribution >= 0.6 is 0 Å². The molecule has 0 unspecified atom stereocenters. The maximum atomic E-state index is 6.59. The number of nitrogens with zero attached hydrogens (tertiary/aromatic N) is 5. The Labute approximate surface area is 224 Å². The van der Waals surface area contributed by atoms with Gasteiger partial charge in [-0.3, -0.25) is 5.10 Å². The predicted octanol–water partition coefficient (Wildman–Crippen LogP) is 5.16. The molecule has 1 aliphatic carbocycles. The van der Waals surface area contributed by atoms with Crippen molar-refractivity contribution in [3.63, 3.8) is 0 Å². The summed E-state index contributed by atoms with van der Waals surface area (Å²) in [5.41, 5.74) is 12.1. The van der Waals surface area contributed by atoms with Crippen molar-refractivity contribution in [2.24, 2.45) is 10.7 Å². The van der Waals surface area contributed by atoms with Crippen molar-refractivity contribution in [3.05, 3.63) is 66.4 Å². The normalized spacial score (nSPS) is 17.7. The number of hydrogen-bond acceptors (Lipinski definition) is 6. The SMILES string of the molecule is CN1CCN(c2ccc(N=C(N)c3cc4c(-c5ccccc5)n[nH]c4c(NC4CCCCC4)n3)cc2)CC1. The molecule has 0 spiro atoms. The van der Waals surface area contributed by atoms with Crippen molar-refractivity contribution in [3.8, 4) is 11.3 Å². The van der Waals surface area contributed by atoms with Gasteiger partial charge in [0.1, 0.15) is 22.7 Å².